The van der Waals surface area contributed by atoms with Crippen molar-refractivity contribution >= 4 is 27.1 Å². The van der Waals surface area contributed by atoms with Gasteiger partial charge in [-0.05, 0) is 25.0 Å². The molecular formula is C12H14N2O3S. The molecule has 5 nitrogen and oxygen atoms in total. The molecule has 1 heterocycles. The average molecular weight is 266 g/mol. The van der Waals surface area contributed by atoms with Gasteiger partial charge in [-0.2, -0.15) is 0 Å². The van der Waals surface area contributed by atoms with Crippen LogP contribution in [0.25, 0.3) is 0 Å². The number of anilines is 2. The SMILES string of the molecule is CS(=O)(=O)c1cccc2c1NC(=O)C1(CC1)CN2. The van der Waals surface area contributed by atoms with E-state index < -0.39 is 9.84 Å². The van der Waals surface area contributed by atoms with E-state index >= 15 is 0 Å². The number of sulfone groups is 1. The van der Waals surface area contributed by atoms with Gasteiger partial charge in [-0.3, -0.25) is 4.79 Å². The second-order valence-electron chi connectivity index (χ2n) is 5.04. The predicted molar refractivity (Wildman–Crippen MR) is 68.3 cm³/mol. The Balaban J connectivity index is 2.13. The molecule has 1 aromatic carbocycles. The lowest BCUT2D eigenvalue weighted by atomic mass is 10.1. The molecule has 1 spiro atoms. The second kappa shape index (κ2) is 3.47. The van der Waals surface area contributed by atoms with Crippen molar-refractivity contribution in [1.82, 2.24) is 0 Å². The standard InChI is InChI=1S/C12H14N2O3S/c1-18(16,17)9-4-2-3-8-10(9)14-11(15)12(5-6-12)7-13-8/h2-4,13H,5-7H2,1H3,(H,14,15). The molecule has 3 rings (SSSR count). The van der Waals surface area contributed by atoms with Gasteiger partial charge in [0.2, 0.25) is 5.91 Å². The summed E-state index contributed by atoms with van der Waals surface area (Å²) in [7, 11) is -3.36. The number of fused-ring (bicyclic) bond motifs is 1. The molecular weight excluding hydrogens is 252 g/mol. The third kappa shape index (κ3) is 1.68. The van der Waals surface area contributed by atoms with Gasteiger partial charge in [-0.1, -0.05) is 6.07 Å². The normalized spacial score (nSPS) is 20.6. The smallest absolute Gasteiger partial charge is 0.232 e. The van der Waals surface area contributed by atoms with Crippen molar-refractivity contribution in [2.45, 2.75) is 17.7 Å². The number of carbonyl (C=O) groups is 1. The molecule has 6 heteroatoms. The molecule has 0 unspecified atom stereocenters. The largest absolute Gasteiger partial charge is 0.382 e. The van der Waals surface area contributed by atoms with Crippen LogP contribution in [0.4, 0.5) is 11.4 Å². The summed E-state index contributed by atoms with van der Waals surface area (Å²) in [5.74, 6) is -0.0788. The van der Waals surface area contributed by atoms with Gasteiger partial charge < -0.3 is 10.6 Å². The topological polar surface area (TPSA) is 75.3 Å². The zero-order chi connectivity index (χ0) is 13.0. The number of hydrogen-bond donors (Lipinski definition) is 2. The monoisotopic (exact) mass is 266 g/mol. The summed E-state index contributed by atoms with van der Waals surface area (Å²) in [6.45, 7) is 0.569. The fourth-order valence-corrected chi connectivity index (χ4v) is 3.12. The molecule has 0 bridgehead atoms. The maximum atomic E-state index is 12.1. The van der Waals surface area contributed by atoms with E-state index in [-0.39, 0.29) is 16.2 Å². The first-order chi connectivity index (χ1) is 8.42. The van der Waals surface area contributed by atoms with E-state index in [0.29, 0.717) is 17.9 Å². The lowest BCUT2D eigenvalue weighted by molar-refractivity contribution is -0.120. The molecule has 96 valence electrons. The predicted octanol–water partition coefficient (Wildman–Crippen LogP) is 1.23. The highest BCUT2D eigenvalue weighted by atomic mass is 32.2. The maximum absolute atomic E-state index is 12.1. The molecule has 0 saturated heterocycles. The zero-order valence-corrected chi connectivity index (χ0v) is 10.8. The molecule has 1 saturated carbocycles. The molecule has 0 aromatic heterocycles. The molecule has 2 aliphatic rings. The summed E-state index contributed by atoms with van der Waals surface area (Å²) in [5, 5.41) is 5.94. The van der Waals surface area contributed by atoms with Gasteiger partial charge in [0.15, 0.2) is 9.84 Å². The van der Waals surface area contributed by atoms with Crippen LogP contribution in [0.15, 0.2) is 23.1 Å². The number of hydrogen-bond acceptors (Lipinski definition) is 4. The Morgan fingerprint density at radius 3 is 2.61 bits per heavy atom. The van der Waals surface area contributed by atoms with Gasteiger partial charge in [-0.15, -0.1) is 0 Å². The minimum atomic E-state index is -3.36. The van der Waals surface area contributed by atoms with Gasteiger partial charge in [0.1, 0.15) is 0 Å². The van der Waals surface area contributed by atoms with Crippen LogP contribution in [0.5, 0.6) is 0 Å². The Morgan fingerprint density at radius 1 is 1.28 bits per heavy atom. The molecule has 1 amide bonds. The summed E-state index contributed by atoms with van der Waals surface area (Å²) >= 11 is 0. The molecule has 2 N–H and O–H groups in total. The molecule has 0 atom stereocenters. The van der Waals surface area contributed by atoms with Crippen molar-refractivity contribution in [3.63, 3.8) is 0 Å². The molecule has 0 radical (unpaired) electrons. The van der Waals surface area contributed by atoms with Crippen molar-refractivity contribution in [3.8, 4) is 0 Å². The van der Waals surface area contributed by atoms with Crippen molar-refractivity contribution < 1.29 is 13.2 Å². The quantitative estimate of drug-likeness (QED) is 0.801. The Kier molecular flexibility index (Phi) is 2.22. The molecule has 18 heavy (non-hydrogen) atoms. The van der Waals surface area contributed by atoms with E-state index in [1.165, 1.54) is 6.07 Å². The second-order valence-corrected chi connectivity index (χ2v) is 7.02. The number of benzene rings is 1. The van der Waals surface area contributed by atoms with Crippen LogP contribution in [-0.4, -0.2) is 27.1 Å². The van der Waals surface area contributed by atoms with Crippen LogP contribution in [-0.2, 0) is 14.6 Å². The molecule has 1 aliphatic carbocycles. The highest BCUT2D eigenvalue weighted by Gasteiger charge is 2.51. The van der Waals surface area contributed by atoms with Crippen molar-refractivity contribution in [3.05, 3.63) is 18.2 Å². The highest BCUT2D eigenvalue weighted by molar-refractivity contribution is 7.90. The third-order valence-corrected chi connectivity index (χ3v) is 4.76. The first kappa shape index (κ1) is 11.5. The number of amides is 1. The van der Waals surface area contributed by atoms with Crippen LogP contribution in [0.3, 0.4) is 0 Å². The van der Waals surface area contributed by atoms with Gasteiger partial charge in [-0.25, -0.2) is 8.42 Å². The van der Waals surface area contributed by atoms with Crippen LogP contribution < -0.4 is 10.6 Å². The van der Waals surface area contributed by atoms with E-state index in [0.717, 1.165) is 19.1 Å². The number of para-hydroxylation sites is 1. The number of carbonyl (C=O) groups excluding carboxylic acids is 1. The fourth-order valence-electron chi connectivity index (χ4n) is 2.26. The average Bonchev–Trinajstić information content (AvgIpc) is 3.07. The first-order valence-corrected chi connectivity index (χ1v) is 7.70. The Bertz CT molecular complexity index is 633. The number of nitrogens with one attached hydrogen (secondary N) is 2. The highest BCUT2D eigenvalue weighted by Crippen LogP contribution is 2.49. The molecule has 1 aliphatic heterocycles. The van der Waals surface area contributed by atoms with E-state index in [1.54, 1.807) is 12.1 Å². The van der Waals surface area contributed by atoms with Gasteiger partial charge in [0.25, 0.3) is 0 Å². The first-order valence-electron chi connectivity index (χ1n) is 5.81. The maximum Gasteiger partial charge on any atom is 0.232 e. The van der Waals surface area contributed by atoms with Crippen LogP contribution in [0.2, 0.25) is 0 Å². The van der Waals surface area contributed by atoms with Crippen LogP contribution in [0, 0.1) is 5.41 Å². The van der Waals surface area contributed by atoms with Crippen molar-refractivity contribution in [1.29, 1.82) is 0 Å². The summed E-state index contributed by atoms with van der Waals surface area (Å²) in [6.07, 6.45) is 2.86. The van der Waals surface area contributed by atoms with Crippen LogP contribution in [0.1, 0.15) is 12.8 Å². The van der Waals surface area contributed by atoms with Crippen LogP contribution >= 0.6 is 0 Å². The Morgan fingerprint density at radius 2 is 2.00 bits per heavy atom. The fraction of sp³-hybridized carbons (Fsp3) is 0.417. The lowest BCUT2D eigenvalue weighted by Crippen LogP contribution is -2.27. The van der Waals surface area contributed by atoms with E-state index in [9.17, 15) is 13.2 Å². The van der Waals surface area contributed by atoms with Gasteiger partial charge >= 0.3 is 0 Å². The van der Waals surface area contributed by atoms with Crippen molar-refractivity contribution in [2.75, 3.05) is 23.4 Å². The minimum absolute atomic E-state index is 0.0788. The van der Waals surface area contributed by atoms with E-state index in [2.05, 4.69) is 10.6 Å². The molecule has 1 aromatic rings. The summed E-state index contributed by atoms with van der Waals surface area (Å²) in [6, 6.07) is 4.98. The summed E-state index contributed by atoms with van der Waals surface area (Å²) in [5.41, 5.74) is 0.720. The summed E-state index contributed by atoms with van der Waals surface area (Å²) in [4.78, 5) is 12.3. The number of rotatable bonds is 1. The Hall–Kier alpha value is -1.56. The van der Waals surface area contributed by atoms with Gasteiger partial charge in [0, 0.05) is 12.8 Å². The van der Waals surface area contributed by atoms with Crippen molar-refractivity contribution in [2.24, 2.45) is 5.41 Å². The Labute approximate surface area is 105 Å². The molecule has 1 fully saturated rings. The van der Waals surface area contributed by atoms with Gasteiger partial charge in [0.05, 0.1) is 21.7 Å². The lowest BCUT2D eigenvalue weighted by Gasteiger charge is -2.11. The summed E-state index contributed by atoms with van der Waals surface area (Å²) < 4.78 is 23.4. The third-order valence-electron chi connectivity index (χ3n) is 3.62. The van der Waals surface area contributed by atoms with E-state index in [4.69, 9.17) is 0 Å². The minimum Gasteiger partial charge on any atom is -0.382 e. The zero-order valence-electron chi connectivity index (χ0n) is 9.99. The van der Waals surface area contributed by atoms with E-state index in [1.807, 2.05) is 0 Å².